The van der Waals surface area contributed by atoms with Gasteiger partial charge in [-0.25, -0.2) is 4.99 Å². The van der Waals surface area contributed by atoms with Gasteiger partial charge in [0.15, 0.2) is 0 Å². The number of fused-ring (bicyclic) bond motifs is 16. The number of benzene rings is 8. The van der Waals surface area contributed by atoms with Gasteiger partial charge in [-0.1, -0.05) is 133 Å². The van der Waals surface area contributed by atoms with E-state index in [0.717, 1.165) is 5.84 Å². The third kappa shape index (κ3) is 3.91. The Morgan fingerprint density at radius 1 is 0.549 bits per heavy atom. The Hall–Kier alpha value is -5.46. The number of rotatable bonds is 1. The number of aromatic nitrogens is 1. The lowest BCUT2D eigenvalue weighted by molar-refractivity contribution is 0.489. The van der Waals surface area contributed by atoms with Crippen LogP contribution in [0.3, 0.4) is 0 Å². The van der Waals surface area contributed by atoms with E-state index in [-0.39, 0.29) is 17.5 Å². The van der Waals surface area contributed by atoms with E-state index >= 15 is 0 Å². The Morgan fingerprint density at radius 3 is 2.12 bits per heavy atom. The van der Waals surface area contributed by atoms with Gasteiger partial charge in [0.1, 0.15) is 12.0 Å². The molecule has 51 heavy (non-hydrogen) atoms. The molecule has 5 heteroatoms. The summed E-state index contributed by atoms with van der Waals surface area (Å²) >= 11 is 3.86. The highest BCUT2D eigenvalue weighted by Gasteiger charge is 2.43. The van der Waals surface area contributed by atoms with Crippen molar-refractivity contribution in [3.8, 4) is 0 Å². The molecule has 0 aliphatic carbocycles. The first kappa shape index (κ1) is 28.3. The zero-order valence-electron chi connectivity index (χ0n) is 27.4. The molecule has 0 bridgehead atoms. The summed E-state index contributed by atoms with van der Waals surface area (Å²) in [6, 6.07) is 55.9. The second-order valence-electron chi connectivity index (χ2n) is 13.8. The summed E-state index contributed by atoms with van der Waals surface area (Å²) in [4.78, 5) is 7.18. The van der Waals surface area contributed by atoms with Gasteiger partial charge in [0, 0.05) is 36.5 Å². The van der Waals surface area contributed by atoms with Crippen molar-refractivity contribution in [3.63, 3.8) is 0 Å². The molecule has 1 N–H and O–H groups in total. The first-order valence-electron chi connectivity index (χ1n) is 17.6. The lowest BCUT2D eigenvalue weighted by atomic mass is 9.94. The standard InChI is InChI=1S/C46H29N3S2/c1-2-13-28-25-29(22-21-26(28)11-1)44-47-45(40-34-18-8-10-20-37(34)51-46(40)48-44)49-41-30-14-4-3-12-27(30)23-24-35(41)38-31-15-5-6-16-32(31)39-33-17-7-9-19-36(33)50-43(39)42(38)49/h1-25,40,44,46,48H. The molecule has 0 amide bonds. The van der Waals surface area contributed by atoms with E-state index in [4.69, 9.17) is 4.99 Å². The highest BCUT2D eigenvalue weighted by molar-refractivity contribution is 8.00. The van der Waals surface area contributed by atoms with E-state index in [9.17, 15) is 0 Å². The molecule has 10 aromatic rings. The Kier molecular flexibility index (Phi) is 5.84. The molecular formula is C46H29N3S2. The van der Waals surface area contributed by atoms with E-state index < -0.39 is 0 Å². The normalized spacial score (nSPS) is 18.7. The molecule has 3 nitrogen and oxygen atoms in total. The molecule has 2 aliphatic heterocycles. The molecule has 0 saturated carbocycles. The zero-order valence-corrected chi connectivity index (χ0v) is 29.0. The molecular weight excluding hydrogens is 659 g/mol. The minimum atomic E-state index is -0.200. The molecule has 4 heterocycles. The van der Waals surface area contributed by atoms with E-state index in [1.54, 1.807) is 0 Å². The second kappa shape index (κ2) is 10.5. The topological polar surface area (TPSA) is 29.3 Å². The van der Waals surface area contributed by atoms with Gasteiger partial charge in [-0.05, 0) is 56.3 Å². The smallest absolute Gasteiger partial charge is 0.128 e. The fourth-order valence-corrected chi connectivity index (χ4v) is 11.6. The van der Waals surface area contributed by atoms with Crippen molar-refractivity contribution in [1.82, 2.24) is 9.88 Å². The SMILES string of the molecule is c1ccc2c(c1)SC1NC(c3ccc4ccccc4c3)N=C(n3c4c5ccccc5ccc4c4c5ccccc5c5c6ccccc6sc5c43)C21. The van der Waals surface area contributed by atoms with Gasteiger partial charge in [0.25, 0.3) is 0 Å². The number of nitrogens with zero attached hydrogens (tertiary/aromatic N) is 2. The number of nitrogens with one attached hydrogen (secondary N) is 1. The number of thioether (sulfide) groups is 1. The molecule has 240 valence electrons. The van der Waals surface area contributed by atoms with E-state index in [1.165, 1.54) is 90.3 Å². The zero-order chi connectivity index (χ0) is 33.2. The van der Waals surface area contributed by atoms with Crippen LogP contribution in [0, 0.1) is 0 Å². The summed E-state index contributed by atoms with van der Waals surface area (Å²) in [7, 11) is 0. The Balaban J connectivity index is 1.28. The minimum absolute atomic E-state index is 0.0663. The summed E-state index contributed by atoms with van der Waals surface area (Å²) in [6.45, 7) is 0. The van der Waals surface area contributed by atoms with Crippen LogP contribution in [-0.4, -0.2) is 15.8 Å². The number of thiophene rings is 1. The third-order valence-corrected chi connectivity index (χ3v) is 13.6. The average Bonchev–Trinajstić information content (AvgIpc) is 3.88. The van der Waals surface area contributed by atoms with Crippen molar-refractivity contribution >= 4 is 103 Å². The number of aliphatic imine (C=N–C) groups is 1. The average molecular weight is 688 g/mol. The van der Waals surface area contributed by atoms with Crippen LogP contribution in [0.15, 0.2) is 162 Å². The van der Waals surface area contributed by atoms with E-state index in [1.807, 2.05) is 23.1 Å². The van der Waals surface area contributed by atoms with Crippen LogP contribution < -0.4 is 5.32 Å². The summed E-state index contributed by atoms with van der Waals surface area (Å²) in [5.74, 6) is 1.18. The first-order chi connectivity index (χ1) is 25.3. The van der Waals surface area contributed by atoms with E-state index in [2.05, 4.69) is 162 Å². The van der Waals surface area contributed by atoms with Gasteiger partial charge >= 0.3 is 0 Å². The van der Waals surface area contributed by atoms with Gasteiger partial charge in [-0.3, -0.25) is 9.88 Å². The number of hydrogen-bond donors (Lipinski definition) is 1. The lowest BCUT2D eigenvalue weighted by Crippen LogP contribution is -2.42. The largest absolute Gasteiger partial charge is 0.295 e. The van der Waals surface area contributed by atoms with Gasteiger partial charge in [0.2, 0.25) is 0 Å². The van der Waals surface area contributed by atoms with Crippen LogP contribution in [0.5, 0.6) is 0 Å². The lowest BCUT2D eigenvalue weighted by Gasteiger charge is -2.33. The van der Waals surface area contributed by atoms with Crippen LogP contribution in [0.25, 0.3) is 74.3 Å². The minimum Gasteiger partial charge on any atom is -0.295 e. The summed E-state index contributed by atoms with van der Waals surface area (Å²) in [5.41, 5.74) is 5.04. The summed E-state index contributed by atoms with van der Waals surface area (Å²) < 4.78 is 5.24. The van der Waals surface area contributed by atoms with Crippen LogP contribution in [0.4, 0.5) is 0 Å². The summed E-state index contributed by atoms with van der Waals surface area (Å²) in [6.07, 6.45) is -0.200. The number of hydrogen-bond acceptors (Lipinski definition) is 4. The predicted molar refractivity (Wildman–Crippen MR) is 219 cm³/mol. The van der Waals surface area contributed by atoms with Gasteiger partial charge in [-0.2, -0.15) is 0 Å². The fraction of sp³-hybridized carbons (Fsp3) is 0.0652. The van der Waals surface area contributed by atoms with Crippen molar-refractivity contribution in [3.05, 3.63) is 163 Å². The monoisotopic (exact) mass is 687 g/mol. The molecule has 0 radical (unpaired) electrons. The Labute approximate surface area is 301 Å². The quantitative estimate of drug-likeness (QED) is 0.186. The van der Waals surface area contributed by atoms with Crippen molar-refractivity contribution < 1.29 is 0 Å². The van der Waals surface area contributed by atoms with Crippen LogP contribution >= 0.6 is 23.1 Å². The van der Waals surface area contributed by atoms with Crippen molar-refractivity contribution in [1.29, 1.82) is 0 Å². The maximum atomic E-state index is 5.85. The van der Waals surface area contributed by atoms with E-state index in [0.29, 0.717) is 0 Å². The second-order valence-corrected chi connectivity index (χ2v) is 16.0. The molecule has 2 aliphatic rings. The molecule has 0 saturated heterocycles. The maximum absolute atomic E-state index is 5.85. The highest BCUT2D eigenvalue weighted by atomic mass is 32.2. The molecule has 0 fully saturated rings. The van der Waals surface area contributed by atoms with Crippen LogP contribution in [0.2, 0.25) is 0 Å². The highest BCUT2D eigenvalue weighted by Crippen LogP contribution is 2.52. The van der Waals surface area contributed by atoms with Gasteiger partial charge < -0.3 is 0 Å². The van der Waals surface area contributed by atoms with Crippen molar-refractivity contribution in [2.45, 2.75) is 22.4 Å². The Bertz CT molecular complexity index is 3130. The molecule has 2 aromatic heterocycles. The molecule has 8 aromatic carbocycles. The molecule has 0 spiro atoms. The Morgan fingerprint density at radius 2 is 1.24 bits per heavy atom. The van der Waals surface area contributed by atoms with Crippen LogP contribution in [-0.2, 0) is 0 Å². The van der Waals surface area contributed by atoms with Crippen molar-refractivity contribution in [2.75, 3.05) is 0 Å². The van der Waals surface area contributed by atoms with Gasteiger partial charge in [-0.15, -0.1) is 23.1 Å². The van der Waals surface area contributed by atoms with Gasteiger partial charge in [0.05, 0.1) is 27.0 Å². The fourth-order valence-electron chi connectivity index (χ4n) is 8.93. The molecule has 3 unspecified atom stereocenters. The summed E-state index contributed by atoms with van der Waals surface area (Å²) in [5, 5.41) is 17.0. The third-order valence-electron chi connectivity index (χ3n) is 11.1. The maximum Gasteiger partial charge on any atom is 0.128 e. The predicted octanol–water partition coefficient (Wildman–Crippen LogP) is 12.4. The molecule has 3 atom stereocenters. The molecule has 12 rings (SSSR count). The van der Waals surface area contributed by atoms with Crippen LogP contribution in [0.1, 0.15) is 23.2 Å². The van der Waals surface area contributed by atoms with Crippen molar-refractivity contribution in [2.24, 2.45) is 4.99 Å². The first-order valence-corrected chi connectivity index (χ1v) is 19.3.